The molecule has 0 aromatic carbocycles. The van der Waals surface area contributed by atoms with Gasteiger partial charge >= 0.3 is 5.84 Å². The molecule has 6 nitrogen and oxygen atoms in total. The quantitative estimate of drug-likeness (QED) is 0.569. The van der Waals surface area contributed by atoms with Gasteiger partial charge in [0, 0.05) is 12.4 Å². The first-order valence-corrected chi connectivity index (χ1v) is 5.11. The zero-order valence-corrected chi connectivity index (χ0v) is 9.81. The lowest BCUT2D eigenvalue weighted by Crippen LogP contribution is -2.52. The number of nitrogens with zero attached hydrogens (tertiary/aromatic N) is 3. The van der Waals surface area contributed by atoms with Crippen molar-refractivity contribution in [2.24, 2.45) is 0 Å². The third-order valence-corrected chi connectivity index (χ3v) is 3.61. The first-order chi connectivity index (χ1) is 7.30. The maximum absolute atomic E-state index is 12.1. The number of imidazole rings is 1. The van der Waals surface area contributed by atoms with Gasteiger partial charge in [0.2, 0.25) is 5.82 Å². The molecule has 0 unspecified atom stereocenters. The van der Waals surface area contributed by atoms with Crippen molar-refractivity contribution in [1.82, 2.24) is 15.0 Å². The van der Waals surface area contributed by atoms with E-state index in [9.17, 15) is 10.4 Å². The number of hydrogen-bond donors (Lipinski definition) is 1. The van der Waals surface area contributed by atoms with Crippen LogP contribution in [0.3, 0.4) is 0 Å². The highest BCUT2D eigenvalue weighted by molar-refractivity contribution is 5.93. The number of aromatic nitrogens is 2. The van der Waals surface area contributed by atoms with Crippen molar-refractivity contribution in [2.45, 2.75) is 38.8 Å². The van der Waals surface area contributed by atoms with Crippen LogP contribution in [0.2, 0.25) is 0 Å². The summed E-state index contributed by atoms with van der Waals surface area (Å²) < 4.78 is 0.735. The zero-order chi connectivity index (χ0) is 12.1. The molecule has 6 heteroatoms. The van der Waals surface area contributed by atoms with Gasteiger partial charge in [0.15, 0.2) is 0 Å². The van der Waals surface area contributed by atoms with Crippen LogP contribution in [0.25, 0.3) is 0 Å². The molecule has 0 aliphatic carbocycles. The molecule has 1 aliphatic rings. The molecule has 0 fully saturated rings. The lowest BCUT2D eigenvalue weighted by atomic mass is 9.84. The lowest BCUT2D eigenvalue weighted by molar-refractivity contribution is -0.539. The van der Waals surface area contributed by atoms with Crippen LogP contribution in [0.5, 0.6) is 0 Å². The Kier molecular flexibility index (Phi) is 2.03. The summed E-state index contributed by atoms with van der Waals surface area (Å²) >= 11 is 0. The molecule has 0 spiro atoms. The molecule has 16 heavy (non-hydrogen) atoms. The van der Waals surface area contributed by atoms with Crippen molar-refractivity contribution in [1.29, 1.82) is 0 Å². The minimum absolute atomic E-state index is 0.0417. The number of amidine groups is 1. The summed E-state index contributed by atoms with van der Waals surface area (Å²) in [5.74, 6) is 0.351. The van der Waals surface area contributed by atoms with Gasteiger partial charge in [0.1, 0.15) is 11.1 Å². The molecule has 88 valence electrons. The minimum Gasteiger partial charge on any atom is -0.714 e. The van der Waals surface area contributed by atoms with E-state index in [1.54, 1.807) is 33.9 Å². The van der Waals surface area contributed by atoms with E-state index in [1.807, 2.05) is 0 Å². The van der Waals surface area contributed by atoms with Crippen LogP contribution >= 0.6 is 0 Å². The Bertz CT molecular complexity index is 434. The molecule has 0 amide bonds. The average Bonchev–Trinajstić information content (AvgIpc) is 2.73. The SMILES string of the molecule is CC1(C)N([O-])C(c2ncc[nH]2)=[N+]([O-])C1(C)C. The van der Waals surface area contributed by atoms with Crippen molar-refractivity contribution in [3.63, 3.8) is 0 Å². The fourth-order valence-corrected chi connectivity index (χ4v) is 1.69. The van der Waals surface area contributed by atoms with Crippen LogP contribution in [0, 0.1) is 10.4 Å². The Hall–Kier alpha value is -1.56. The normalized spacial score (nSPS) is 22.9. The molecule has 0 saturated heterocycles. The molecule has 2 heterocycles. The van der Waals surface area contributed by atoms with E-state index >= 15 is 0 Å². The van der Waals surface area contributed by atoms with E-state index in [2.05, 4.69) is 9.97 Å². The van der Waals surface area contributed by atoms with Gasteiger partial charge in [-0.2, -0.15) is 0 Å². The fraction of sp³-hybridized carbons (Fsp3) is 0.600. The first kappa shape index (κ1) is 10.9. The van der Waals surface area contributed by atoms with E-state index < -0.39 is 11.1 Å². The second-order valence-electron chi connectivity index (χ2n) is 4.97. The number of nitrogens with one attached hydrogen (secondary N) is 1. The van der Waals surface area contributed by atoms with Crippen LogP contribution in [-0.2, 0) is 0 Å². The lowest BCUT2D eigenvalue weighted by Gasteiger charge is -2.38. The van der Waals surface area contributed by atoms with E-state index in [0.29, 0.717) is 5.82 Å². The Morgan fingerprint density at radius 2 is 2.00 bits per heavy atom. The highest BCUT2D eigenvalue weighted by Gasteiger charge is 2.55. The van der Waals surface area contributed by atoms with Crippen molar-refractivity contribution in [3.8, 4) is 0 Å². The summed E-state index contributed by atoms with van der Waals surface area (Å²) in [6.07, 6.45) is 3.10. The van der Waals surface area contributed by atoms with Gasteiger partial charge in [0.05, 0.1) is 0 Å². The van der Waals surface area contributed by atoms with Crippen molar-refractivity contribution in [2.75, 3.05) is 0 Å². The first-order valence-electron chi connectivity index (χ1n) is 5.11. The van der Waals surface area contributed by atoms with Crippen molar-refractivity contribution >= 4 is 5.84 Å². The van der Waals surface area contributed by atoms with Crippen LogP contribution in [0.15, 0.2) is 12.4 Å². The van der Waals surface area contributed by atoms with E-state index in [4.69, 9.17) is 0 Å². The summed E-state index contributed by atoms with van der Waals surface area (Å²) in [7, 11) is 0. The van der Waals surface area contributed by atoms with E-state index in [0.717, 1.165) is 9.80 Å². The molecule has 1 N–H and O–H groups in total. The van der Waals surface area contributed by atoms with Gasteiger partial charge < -0.3 is 15.4 Å². The number of hydrogen-bond acceptors (Lipinski definition) is 4. The third-order valence-electron chi connectivity index (χ3n) is 3.61. The zero-order valence-electron chi connectivity index (χ0n) is 9.81. The van der Waals surface area contributed by atoms with Gasteiger partial charge in [-0.15, -0.1) is 0 Å². The summed E-state index contributed by atoms with van der Waals surface area (Å²) in [4.78, 5) is 6.74. The Morgan fingerprint density at radius 3 is 2.38 bits per heavy atom. The standard InChI is InChI=1S/C10H15N4O2/c1-9(2)10(3,4)14(16)8(13(9)15)7-11-5-6-12-7/h5-6H,1-4H3,(H,11,12)/q-1. The van der Waals surface area contributed by atoms with Crippen LogP contribution < -0.4 is 0 Å². The Morgan fingerprint density at radius 1 is 1.38 bits per heavy atom. The second kappa shape index (κ2) is 2.98. The fourth-order valence-electron chi connectivity index (χ4n) is 1.69. The van der Waals surface area contributed by atoms with Gasteiger partial charge in [-0.3, -0.25) is 9.80 Å². The van der Waals surface area contributed by atoms with Crippen LogP contribution in [0.1, 0.15) is 33.5 Å². The van der Waals surface area contributed by atoms with Gasteiger partial charge in [-0.1, -0.05) is 0 Å². The molecular formula is C10H15N4O2-. The highest BCUT2D eigenvalue weighted by Crippen LogP contribution is 2.36. The third kappa shape index (κ3) is 1.10. The summed E-state index contributed by atoms with van der Waals surface area (Å²) in [6.45, 7) is 7.00. The predicted molar refractivity (Wildman–Crippen MR) is 59.7 cm³/mol. The highest BCUT2D eigenvalue weighted by atomic mass is 16.5. The molecule has 0 saturated carbocycles. The smallest absolute Gasteiger partial charge is 0.315 e. The van der Waals surface area contributed by atoms with E-state index in [1.165, 1.54) is 6.20 Å². The molecule has 1 aliphatic heterocycles. The molecular weight excluding hydrogens is 208 g/mol. The number of H-pyrrole nitrogens is 1. The monoisotopic (exact) mass is 223 g/mol. The van der Waals surface area contributed by atoms with Crippen LogP contribution in [-0.4, -0.2) is 36.7 Å². The van der Waals surface area contributed by atoms with Gasteiger partial charge in [-0.25, -0.2) is 4.98 Å². The molecule has 2 rings (SSSR count). The molecule has 1 aromatic rings. The number of rotatable bonds is 1. The van der Waals surface area contributed by atoms with Gasteiger partial charge in [-0.05, 0) is 27.7 Å². The number of aromatic amines is 1. The van der Waals surface area contributed by atoms with Crippen molar-refractivity contribution < 1.29 is 4.74 Å². The maximum Gasteiger partial charge on any atom is 0.315 e. The summed E-state index contributed by atoms with van der Waals surface area (Å²) in [6, 6.07) is 0. The molecule has 0 atom stereocenters. The van der Waals surface area contributed by atoms with Crippen LogP contribution in [0.4, 0.5) is 0 Å². The molecule has 1 aromatic heterocycles. The van der Waals surface area contributed by atoms with Crippen molar-refractivity contribution in [3.05, 3.63) is 28.6 Å². The summed E-state index contributed by atoms with van der Waals surface area (Å²) in [5.41, 5.74) is -1.59. The topological polar surface area (TPSA) is 81.0 Å². The average molecular weight is 223 g/mol. The van der Waals surface area contributed by atoms with E-state index in [-0.39, 0.29) is 5.84 Å². The Labute approximate surface area is 93.8 Å². The maximum atomic E-state index is 12.1. The molecule has 0 radical (unpaired) electrons. The summed E-state index contributed by atoms with van der Waals surface area (Å²) in [5, 5.41) is 25.0. The predicted octanol–water partition coefficient (Wildman–Crippen LogP) is 1.04. The molecule has 0 bridgehead atoms. The largest absolute Gasteiger partial charge is 0.714 e. The minimum atomic E-state index is -0.795. The number of hydroxylamine groups is 3. The van der Waals surface area contributed by atoms with Gasteiger partial charge in [0.25, 0.3) is 0 Å². The second-order valence-corrected chi connectivity index (χ2v) is 4.97. The Balaban J connectivity index is 2.59.